The lowest BCUT2D eigenvalue weighted by atomic mass is 9.94. The first kappa shape index (κ1) is 12.2. The maximum absolute atomic E-state index is 11.0. The third-order valence-electron chi connectivity index (χ3n) is 2.41. The zero-order valence-corrected chi connectivity index (χ0v) is 10.3. The van der Waals surface area contributed by atoms with Crippen LogP contribution >= 0.6 is 15.9 Å². The molecule has 0 amide bonds. The Morgan fingerprint density at radius 2 is 2.00 bits per heavy atom. The first-order chi connectivity index (χ1) is 7.19. The van der Waals surface area contributed by atoms with Gasteiger partial charge in [-0.3, -0.25) is 4.79 Å². The highest BCUT2D eigenvalue weighted by Gasteiger charge is 2.18. The van der Waals surface area contributed by atoms with Crippen LogP contribution < -0.4 is 0 Å². The normalized spacial score (nSPS) is 12.4. The molecule has 0 aromatic heterocycles. The average molecular weight is 271 g/mol. The van der Waals surface area contributed by atoms with Crippen molar-refractivity contribution in [1.29, 1.82) is 0 Å². The summed E-state index contributed by atoms with van der Waals surface area (Å²) in [7, 11) is 0. The summed E-state index contributed by atoms with van der Waals surface area (Å²) in [6, 6.07) is 7.75. The Balaban J connectivity index is 2.86. The molecular formula is C12H15BrO2. The van der Waals surface area contributed by atoms with Crippen molar-refractivity contribution < 1.29 is 9.90 Å². The topological polar surface area (TPSA) is 37.3 Å². The molecular weight excluding hydrogens is 256 g/mol. The van der Waals surface area contributed by atoms with Crippen LogP contribution in [0.4, 0.5) is 0 Å². The van der Waals surface area contributed by atoms with Gasteiger partial charge in [-0.1, -0.05) is 53.5 Å². The van der Waals surface area contributed by atoms with E-state index in [9.17, 15) is 4.79 Å². The number of carboxylic acid groups (broad SMARTS) is 1. The smallest absolute Gasteiger partial charge is 0.310 e. The minimum Gasteiger partial charge on any atom is -0.481 e. The van der Waals surface area contributed by atoms with Gasteiger partial charge in [-0.25, -0.2) is 0 Å². The first-order valence-electron chi connectivity index (χ1n) is 5.06. The van der Waals surface area contributed by atoms with Gasteiger partial charge >= 0.3 is 5.97 Å². The van der Waals surface area contributed by atoms with Crippen molar-refractivity contribution in [3.8, 4) is 0 Å². The van der Waals surface area contributed by atoms with Crippen LogP contribution in [-0.4, -0.2) is 11.1 Å². The highest BCUT2D eigenvalue weighted by atomic mass is 79.9. The highest BCUT2D eigenvalue weighted by molar-refractivity contribution is 9.08. The minimum absolute atomic E-state index is 0.362. The van der Waals surface area contributed by atoms with Crippen LogP contribution in [-0.2, 0) is 10.1 Å². The average Bonchev–Trinajstić information content (AvgIpc) is 2.26. The zero-order valence-electron chi connectivity index (χ0n) is 8.74. The summed E-state index contributed by atoms with van der Waals surface area (Å²) in [4.78, 5) is 11.0. The fourth-order valence-corrected chi connectivity index (χ4v) is 1.93. The van der Waals surface area contributed by atoms with Gasteiger partial charge in [-0.15, -0.1) is 0 Å². The summed E-state index contributed by atoms with van der Waals surface area (Å²) in [6.07, 6.45) is 1.58. The molecule has 1 aromatic rings. The Morgan fingerprint density at radius 3 is 2.40 bits per heavy atom. The number of carbonyl (C=O) groups is 1. The van der Waals surface area contributed by atoms with Crippen LogP contribution in [0.25, 0.3) is 0 Å². The molecule has 15 heavy (non-hydrogen) atoms. The molecule has 0 heterocycles. The van der Waals surface area contributed by atoms with Crippen molar-refractivity contribution in [2.24, 2.45) is 0 Å². The van der Waals surface area contributed by atoms with E-state index >= 15 is 0 Å². The van der Waals surface area contributed by atoms with E-state index in [1.165, 1.54) is 5.56 Å². The Labute approximate surface area is 98.4 Å². The van der Waals surface area contributed by atoms with Crippen molar-refractivity contribution in [2.75, 3.05) is 0 Å². The molecule has 0 aliphatic heterocycles. The van der Waals surface area contributed by atoms with Gasteiger partial charge in [0.1, 0.15) is 0 Å². The molecule has 82 valence electrons. The van der Waals surface area contributed by atoms with E-state index in [0.29, 0.717) is 6.42 Å². The van der Waals surface area contributed by atoms with Crippen LogP contribution in [0.3, 0.4) is 0 Å². The van der Waals surface area contributed by atoms with Gasteiger partial charge in [0.25, 0.3) is 0 Å². The summed E-state index contributed by atoms with van der Waals surface area (Å²) in [6.45, 7) is 2.00. The van der Waals surface area contributed by atoms with Gasteiger partial charge in [-0.2, -0.15) is 0 Å². The van der Waals surface area contributed by atoms with Crippen LogP contribution in [0.5, 0.6) is 0 Å². The lowest BCUT2D eigenvalue weighted by molar-refractivity contribution is -0.139. The lowest BCUT2D eigenvalue weighted by Gasteiger charge is -2.11. The van der Waals surface area contributed by atoms with E-state index in [1.54, 1.807) is 0 Å². The molecule has 0 radical (unpaired) electrons. The Hall–Kier alpha value is -0.830. The molecule has 3 heteroatoms. The molecule has 0 saturated carbocycles. The molecule has 0 fully saturated rings. The van der Waals surface area contributed by atoms with Crippen LogP contribution in [0.1, 0.15) is 36.8 Å². The van der Waals surface area contributed by atoms with E-state index in [-0.39, 0.29) is 5.92 Å². The summed E-state index contributed by atoms with van der Waals surface area (Å²) >= 11 is 3.36. The maximum atomic E-state index is 11.0. The van der Waals surface area contributed by atoms with Gasteiger partial charge in [0.05, 0.1) is 5.92 Å². The second-order valence-electron chi connectivity index (χ2n) is 3.55. The van der Waals surface area contributed by atoms with Gasteiger partial charge in [0.15, 0.2) is 0 Å². The largest absolute Gasteiger partial charge is 0.481 e. The standard InChI is InChI=1S/C12H15BrO2/c1-2-3-11(12(14)15)10-6-4-9(8-13)5-7-10/h4-7,11H,2-3,8H2,1H3,(H,14,15). The van der Waals surface area contributed by atoms with Gasteiger partial charge < -0.3 is 5.11 Å². The fourth-order valence-electron chi connectivity index (χ4n) is 1.56. The molecule has 0 saturated heterocycles. The molecule has 1 aromatic carbocycles. The van der Waals surface area contributed by atoms with E-state index in [1.807, 2.05) is 31.2 Å². The number of alkyl halides is 1. The molecule has 0 bridgehead atoms. The Kier molecular flexibility index (Phi) is 4.82. The van der Waals surface area contributed by atoms with E-state index in [0.717, 1.165) is 17.3 Å². The number of rotatable bonds is 5. The zero-order chi connectivity index (χ0) is 11.3. The predicted octanol–water partition coefficient (Wildman–Crippen LogP) is 3.55. The lowest BCUT2D eigenvalue weighted by Crippen LogP contribution is -2.11. The molecule has 1 rings (SSSR count). The van der Waals surface area contributed by atoms with Crippen molar-refractivity contribution >= 4 is 21.9 Å². The molecule has 0 aliphatic rings. The van der Waals surface area contributed by atoms with Crippen LogP contribution in [0.15, 0.2) is 24.3 Å². The third-order valence-corrected chi connectivity index (χ3v) is 3.06. The van der Waals surface area contributed by atoms with Gasteiger partial charge in [0.2, 0.25) is 0 Å². The van der Waals surface area contributed by atoms with Crippen molar-refractivity contribution in [1.82, 2.24) is 0 Å². The van der Waals surface area contributed by atoms with Crippen molar-refractivity contribution in [2.45, 2.75) is 31.0 Å². The highest BCUT2D eigenvalue weighted by Crippen LogP contribution is 2.22. The summed E-state index contributed by atoms with van der Waals surface area (Å²) in [5.74, 6) is -1.09. The second kappa shape index (κ2) is 5.91. The van der Waals surface area contributed by atoms with E-state index < -0.39 is 5.97 Å². The fraction of sp³-hybridized carbons (Fsp3) is 0.417. The monoisotopic (exact) mass is 270 g/mol. The molecule has 0 aliphatic carbocycles. The third kappa shape index (κ3) is 3.34. The number of aliphatic carboxylic acids is 1. The Bertz CT molecular complexity index is 319. The van der Waals surface area contributed by atoms with Crippen molar-refractivity contribution in [3.63, 3.8) is 0 Å². The minimum atomic E-state index is -0.733. The molecule has 1 atom stereocenters. The predicted molar refractivity (Wildman–Crippen MR) is 64.4 cm³/mol. The summed E-state index contributed by atoms with van der Waals surface area (Å²) < 4.78 is 0. The number of hydrogen-bond donors (Lipinski definition) is 1. The van der Waals surface area contributed by atoms with Crippen LogP contribution in [0.2, 0.25) is 0 Å². The Morgan fingerprint density at radius 1 is 1.40 bits per heavy atom. The number of carboxylic acids is 1. The summed E-state index contributed by atoms with van der Waals surface area (Å²) in [5.41, 5.74) is 2.06. The van der Waals surface area contributed by atoms with E-state index in [4.69, 9.17) is 5.11 Å². The number of halogens is 1. The van der Waals surface area contributed by atoms with E-state index in [2.05, 4.69) is 15.9 Å². The number of benzene rings is 1. The molecule has 2 nitrogen and oxygen atoms in total. The number of hydrogen-bond acceptors (Lipinski definition) is 1. The SMILES string of the molecule is CCCC(C(=O)O)c1ccc(CBr)cc1. The van der Waals surface area contributed by atoms with Gasteiger partial charge in [0, 0.05) is 5.33 Å². The maximum Gasteiger partial charge on any atom is 0.310 e. The van der Waals surface area contributed by atoms with Crippen LogP contribution in [0, 0.1) is 0 Å². The second-order valence-corrected chi connectivity index (χ2v) is 4.12. The quantitative estimate of drug-likeness (QED) is 0.831. The van der Waals surface area contributed by atoms with Crippen molar-refractivity contribution in [3.05, 3.63) is 35.4 Å². The van der Waals surface area contributed by atoms with Gasteiger partial charge in [-0.05, 0) is 17.5 Å². The molecule has 1 unspecified atom stereocenters. The summed E-state index contributed by atoms with van der Waals surface area (Å²) in [5, 5.41) is 9.88. The molecule has 1 N–H and O–H groups in total. The molecule has 0 spiro atoms. The first-order valence-corrected chi connectivity index (χ1v) is 6.18.